The average molecular weight is 240 g/mol. The zero-order chi connectivity index (χ0) is 12.3. The summed E-state index contributed by atoms with van der Waals surface area (Å²) < 4.78 is 0. The van der Waals surface area contributed by atoms with Gasteiger partial charge < -0.3 is 0 Å². The van der Waals surface area contributed by atoms with Crippen LogP contribution in [0.5, 0.6) is 0 Å². The van der Waals surface area contributed by atoms with Gasteiger partial charge in [0.05, 0.1) is 6.04 Å². The molecule has 0 aromatic heterocycles. The van der Waals surface area contributed by atoms with Gasteiger partial charge in [0.15, 0.2) is 0 Å². The van der Waals surface area contributed by atoms with Crippen molar-refractivity contribution in [1.82, 2.24) is 5.32 Å². The van der Waals surface area contributed by atoms with E-state index in [4.69, 9.17) is 11.6 Å². The standard InChI is InChI=1S/C13H18ClNO/c1-9(10(2)16)15-13(3,4)11-6-5-7-12(14)8-11/h5-9,15H,1-4H3. The van der Waals surface area contributed by atoms with Crippen molar-refractivity contribution in [3.63, 3.8) is 0 Å². The first-order valence-corrected chi connectivity index (χ1v) is 5.75. The first-order valence-electron chi connectivity index (χ1n) is 5.37. The fraction of sp³-hybridized carbons (Fsp3) is 0.462. The second-order valence-electron chi connectivity index (χ2n) is 4.61. The van der Waals surface area contributed by atoms with Gasteiger partial charge in [0.2, 0.25) is 0 Å². The van der Waals surface area contributed by atoms with E-state index >= 15 is 0 Å². The largest absolute Gasteiger partial charge is 0.299 e. The first-order chi connectivity index (χ1) is 7.33. The number of rotatable bonds is 4. The van der Waals surface area contributed by atoms with Crippen molar-refractivity contribution in [2.24, 2.45) is 0 Å². The number of hydrogen-bond acceptors (Lipinski definition) is 2. The molecule has 0 spiro atoms. The van der Waals surface area contributed by atoms with Crippen molar-refractivity contribution in [3.05, 3.63) is 34.9 Å². The lowest BCUT2D eigenvalue weighted by Gasteiger charge is -2.30. The van der Waals surface area contributed by atoms with Gasteiger partial charge in [0.25, 0.3) is 0 Å². The summed E-state index contributed by atoms with van der Waals surface area (Å²) in [5.74, 6) is 0.134. The van der Waals surface area contributed by atoms with Crippen LogP contribution in [0.4, 0.5) is 0 Å². The van der Waals surface area contributed by atoms with E-state index < -0.39 is 0 Å². The van der Waals surface area contributed by atoms with Crippen molar-refractivity contribution in [2.75, 3.05) is 0 Å². The molecule has 1 aromatic carbocycles. The fourth-order valence-corrected chi connectivity index (χ4v) is 1.79. The monoisotopic (exact) mass is 239 g/mol. The van der Waals surface area contributed by atoms with Crippen molar-refractivity contribution in [1.29, 1.82) is 0 Å². The van der Waals surface area contributed by atoms with Crippen LogP contribution in [-0.2, 0) is 10.3 Å². The summed E-state index contributed by atoms with van der Waals surface area (Å²) in [6.45, 7) is 7.54. The molecular formula is C13H18ClNO. The number of ketones is 1. The third kappa shape index (κ3) is 3.32. The maximum atomic E-state index is 11.2. The minimum absolute atomic E-state index is 0.134. The lowest BCUT2D eigenvalue weighted by Crippen LogP contribution is -2.45. The topological polar surface area (TPSA) is 29.1 Å². The number of benzene rings is 1. The SMILES string of the molecule is CC(=O)C(C)NC(C)(C)c1cccc(Cl)c1. The van der Waals surface area contributed by atoms with Crippen LogP contribution in [0, 0.1) is 0 Å². The van der Waals surface area contributed by atoms with E-state index in [-0.39, 0.29) is 17.4 Å². The highest BCUT2D eigenvalue weighted by Crippen LogP contribution is 2.23. The van der Waals surface area contributed by atoms with Crippen LogP contribution in [-0.4, -0.2) is 11.8 Å². The molecule has 3 heteroatoms. The first kappa shape index (κ1) is 13.2. The Morgan fingerprint density at radius 2 is 2.06 bits per heavy atom. The van der Waals surface area contributed by atoms with Crippen LogP contribution in [0.25, 0.3) is 0 Å². The fourth-order valence-electron chi connectivity index (χ4n) is 1.60. The van der Waals surface area contributed by atoms with Crippen LogP contribution in [0.1, 0.15) is 33.3 Å². The molecule has 0 aliphatic carbocycles. The van der Waals surface area contributed by atoms with E-state index in [9.17, 15) is 4.79 Å². The van der Waals surface area contributed by atoms with Gasteiger partial charge in [0.1, 0.15) is 5.78 Å². The van der Waals surface area contributed by atoms with Crippen molar-refractivity contribution < 1.29 is 4.79 Å². The molecule has 0 amide bonds. The molecular weight excluding hydrogens is 222 g/mol. The lowest BCUT2D eigenvalue weighted by molar-refractivity contribution is -0.119. The molecule has 1 rings (SSSR count). The second kappa shape index (κ2) is 4.98. The Labute approximate surface area is 102 Å². The Morgan fingerprint density at radius 1 is 1.44 bits per heavy atom. The van der Waals surface area contributed by atoms with Gasteiger partial charge in [-0.15, -0.1) is 0 Å². The molecule has 0 saturated heterocycles. The maximum absolute atomic E-state index is 11.2. The number of Topliss-reactive ketones (excluding diaryl/α,β-unsaturated/α-hetero) is 1. The summed E-state index contributed by atoms with van der Waals surface area (Å²) in [6, 6.07) is 7.52. The molecule has 1 unspecified atom stereocenters. The molecule has 0 bridgehead atoms. The third-order valence-electron chi connectivity index (χ3n) is 2.73. The van der Waals surface area contributed by atoms with Crippen molar-refractivity contribution in [3.8, 4) is 0 Å². The number of halogens is 1. The van der Waals surface area contributed by atoms with Gasteiger partial charge >= 0.3 is 0 Å². The number of carbonyl (C=O) groups is 1. The zero-order valence-electron chi connectivity index (χ0n) is 10.2. The van der Waals surface area contributed by atoms with Gasteiger partial charge in [-0.05, 0) is 45.4 Å². The lowest BCUT2D eigenvalue weighted by atomic mass is 9.93. The Balaban J connectivity index is 2.89. The Hall–Kier alpha value is -0.860. The summed E-state index contributed by atoms with van der Waals surface area (Å²) in [5, 5.41) is 4.00. The van der Waals surface area contributed by atoms with E-state index in [1.54, 1.807) is 6.92 Å². The third-order valence-corrected chi connectivity index (χ3v) is 2.97. The summed E-state index contributed by atoms with van der Waals surface area (Å²) in [6.07, 6.45) is 0. The summed E-state index contributed by atoms with van der Waals surface area (Å²) >= 11 is 5.96. The molecule has 0 saturated carbocycles. The van der Waals surface area contributed by atoms with Crippen LogP contribution in [0.3, 0.4) is 0 Å². The predicted molar refractivity (Wildman–Crippen MR) is 67.8 cm³/mol. The summed E-state index contributed by atoms with van der Waals surface area (Å²) in [5.41, 5.74) is 0.809. The highest BCUT2D eigenvalue weighted by atomic mass is 35.5. The van der Waals surface area contributed by atoms with Crippen LogP contribution < -0.4 is 5.32 Å². The molecule has 88 valence electrons. The molecule has 2 nitrogen and oxygen atoms in total. The maximum Gasteiger partial charge on any atom is 0.146 e. The highest BCUT2D eigenvalue weighted by molar-refractivity contribution is 6.30. The smallest absolute Gasteiger partial charge is 0.146 e. The van der Waals surface area contributed by atoms with Crippen LogP contribution in [0.2, 0.25) is 5.02 Å². The van der Waals surface area contributed by atoms with Gasteiger partial charge in [-0.25, -0.2) is 0 Å². The molecule has 1 N–H and O–H groups in total. The Morgan fingerprint density at radius 3 is 2.56 bits per heavy atom. The normalized spacial score (nSPS) is 13.6. The Bertz CT molecular complexity index is 387. The van der Waals surface area contributed by atoms with Gasteiger partial charge in [0, 0.05) is 10.6 Å². The molecule has 1 atom stereocenters. The van der Waals surface area contributed by atoms with E-state index in [2.05, 4.69) is 5.32 Å². The summed E-state index contributed by atoms with van der Waals surface area (Å²) in [7, 11) is 0. The molecule has 16 heavy (non-hydrogen) atoms. The molecule has 0 radical (unpaired) electrons. The summed E-state index contributed by atoms with van der Waals surface area (Å²) in [4.78, 5) is 11.2. The Kier molecular flexibility index (Phi) is 4.11. The quantitative estimate of drug-likeness (QED) is 0.875. The number of carbonyl (C=O) groups excluding carboxylic acids is 1. The van der Waals surface area contributed by atoms with E-state index in [1.165, 1.54) is 0 Å². The van der Waals surface area contributed by atoms with E-state index in [0.717, 1.165) is 5.56 Å². The van der Waals surface area contributed by atoms with Crippen LogP contribution >= 0.6 is 11.6 Å². The van der Waals surface area contributed by atoms with Crippen LogP contribution in [0.15, 0.2) is 24.3 Å². The van der Waals surface area contributed by atoms with Gasteiger partial charge in [-0.1, -0.05) is 23.7 Å². The van der Waals surface area contributed by atoms with Gasteiger partial charge in [-0.2, -0.15) is 0 Å². The minimum atomic E-state index is -0.268. The number of nitrogens with one attached hydrogen (secondary N) is 1. The minimum Gasteiger partial charge on any atom is -0.299 e. The average Bonchev–Trinajstić information content (AvgIpc) is 2.17. The molecule has 0 aliphatic rings. The van der Waals surface area contributed by atoms with E-state index in [1.807, 2.05) is 45.0 Å². The van der Waals surface area contributed by atoms with Crippen molar-refractivity contribution in [2.45, 2.75) is 39.3 Å². The zero-order valence-corrected chi connectivity index (χ0v) is 10.9. The predicted octanol–water partition coefficient (Wildman–Crippen LogP) is 3.14. The molecule has 0 aliphatic heterocycles. The molecule has 1 aromatic rings. The van der Waals surface area contributed by atoms with E-state index in [0.29, 0.717) is 5.02 Å². The highest BCUT2D eigenvalue weighted by Gasteiger charge is 2.23. The molecule has 0 fully saturated rings. The second-order valence-corrected chi connectivity index (χ2v) is 5.05. The van der Waals surface area contributed by atoms with Crippen molar-refractivity contribution >= 4 is 17.4 Å². The van der Waals surface area contributed by atoms with Gasteiger partial charge in [-0.3, -0.25) is 10.1 Å². The number of hydrogen-bond donors (Lipinski definition) is 1. The molecule has 0 heterocycles.